The molecule has 17 nitrogen and oxygen atoms in total. The van der Waals surface area contributed by atoms with Crippen molar-refractivity contribution in [3.63, 3.8) is 0 Å². The van der Waals surface area contributed by atoms with Gasteiger partial charge in [-0.2, -0.15) is 13.2 Å². The van der Waals surface area contributed by atoms with Gasteiger partial charge in [-0.3, -0.25) is 43.9 Å². The highest BCUT2D eigenvalue weighted by Crippen LogP contribution is 2.48. The van der Waals surface area contributed by atoms with Gasteiger partial charge in [0, 0.05) is 93.3 Å². The largest absolute Gasteiger partial charge is 0.464 e. The number of fused-ring (bicyclic) bond motifs is 6. The summed E-state index contributed by atoms with van der Waals surface area (Å²) in [6.45, 7) is 14.3. The van der Waals surface area contributed by atoms with Gasteiger partial charge in [-0.25, -0.2) is 5.43 Å². The first-order valence-corrected chi connectivity index (χ1v) is 29.9. The third-order valence-electron chi connectivity index (χ3n) is 18.8. The summed E-state index contributed by atoms with van der Waals surface area (Å²) in [7, 11) is 3.60. The van der Waals surface area contributed by atoms with E-state index < -0.39 is 59.8 Å². The smallest absolute Gasteiger partial charge is 0.406 e. The van der Waals surface area contributed by atoms with Gasteiger partial charge in [-0.15, -0.1) is 0 Å². The second-order valence-corrected chi connectivity index (χ2v) is 26.1. The third-order valence-corrected chi connectivity index (χ3v) is 18.8. The zero-order valence-electron chi connectivity index (χ0n) is 48.6. The lowest BCUT2D eigenvalue weighted by atomic mass is 9.84. The number of nitrogens with zero attached hydrogens (tertiary/aromatic N) is 8. The Balaban J connectivity index is 0.889. The number of alkyl halides is 3. The number of hydrogen-bond acceptors (Lipinski definition) is 13. The molecule has 2 N–H and O–H groups in total. The molecule has 4 aromatic rings. The van der Waals surface area contributed by atoms with Crippen LogP contribution in [0.4, 0.5) is 18.9 Å². The molecule has 1 spiro atoms. The normalized spacial score (nSPS) is 27.0. The number of ether oxygens (including phenoxy) is 3. The molecule has 1 unspecified atom stereocenters. The molecule has 0 radical (unpaired) electrons. The molecule has 442 valence electrons. The van der Waals surface area contributed by atoms with E-state index >= 15 is 18.0 Å². The average molecular weight is 1140 g/mol. The molecule has 6 bridgehead atoms. The number of nitrogens with one attached hydrogen (secondary N) is 2. The van der Waals surface area contributed by atoms with Crippen molar-refractivity contribution in [1.29, 1.82) is 0 Å². The Hall–Kier alpha value is -5.64. The predicted octanol–water partition coefficient (Wildman–Crippen LogP) is 6.60. The van der Waals surface area contributed by atoms with Gasteiger partial charge in [-0.1, -0.05) is 58.0 Å². The molecule has 6 aliphatic heterocycles. The number of cyclic esters (lactones) is 1. The lowest BCUT2D eigenvalue weighted by Gasteiger charge is -2.55. The molecule has 7 fully saturated rings. The summed E-state index contributed by atoms with van der Waals surface area (Å²) in [6, 6.07) is 13.6. The number of likely N-dealkylation sites (tertiary alicyclic amines) is 1. The van der Waals surface area contributed by atoms with Gasteiger partial charge >= 0.3 is 12.1 Å². The molecule has 8 heterocycles. The van der Waals surface area contributed by atoms with Crippen molar-refractivity contribution in [1.82, 2.24) is 44.9 Å². The Labute approximate surface area is 479 Å². The van der Waals surface area contributed by atoms with E-state index in [0.29, 0.717) is 104 Å². The topological polar surface area (TPSA) is 157 Å². The molecular formula is C62H81F3N10O7. The summed E-state index contributed by atoms with van der Waals surface area (Å²) in [6.07, 6.45) is 2.66. The van der Waals surface area contributed by atoms with Crippen LogP contribution in [-0.2, 0) is 52.8 Å². The maximum atomic E-state index is 15.2. The van der Waals surface area contributed by atoms with E-state index in [-0.39, 0.29) is 43.2 Å². The fourth-order valence-electron chi connectivity index (χ4n) is 14.1. The highest BCUT2D eigenvalue weighted by Gasteiger charge is 2.61. The van der Waals surface area contributed by atoms with Crippen molar-refractivity contribution in [2.24, 2.45) is 17.3 Å². The number of amides is 3. The molecule has 7 atom stereocenters. The molecule has 3 amide bonds. The highest BCUT2D eigenvalue weighted by molar-refractivity contribution is 5.96. The number of hydrazine groups is 1. The van der Waals surface area contributed by atoms with E-state index in [1.54, 1.807) is 13.2 Å². The van der Waals surface area contributed by atoms with Gasteiger partial charge in [0.05, 0.1) is 61.7 Å². The van der Waals surface area contributed by atoms with Crippen molar-refractivity contribution in [3.8, 4) is 22.4 Å². The molecular weight excluding hydrogens is 1050 g/mol. The van der Waals surface area contributed by atoms with Gasteiger partial charge in [0.1, 0.15) is 30.3 Å². The minimum atomic E-state index is -4.60. The number of carbonyl (C=O) groups is 4. The number of aromatic nitrogens is 2. The van der Waals surface area contributed by atoms with Crippen LogP contribution >= 0.6 is 0 Å². The molecule has 82 heavy (non-hydrogen) atoms. The number of halogens is 3. The summed E-state index contributed by atoms with van der Waals surface area (Å²) in [5, 5.41) is 5.27. The maximum Gasteiger partial charge on any atom is 0.406 e. The molecule has 20 heteroatoms. The Bertz CT molecular complexity index is 3090. The van der Waals surface area contributed by atoms with Crippen LogP contribution in [0.5, 0.6) is 0 Å². The zero-order chi connectivity index (χ0) is 57.6. The van der Waals surface area contributed by atoms with Crippen LogP contribution in [0.15, 0.2) is 54.7 Å². The Morgan fingerprint density at radius 1 is 0.927 bits per heavy atom. The van der Waals surface area contributed by atoms with Crippen LogP contribution in [-0.4, -0.2) is 192 Å². The van der Waals surface area contributed by atoms with Crippen molar-refractivity contribution < 1.29 is 46.6 Å². The fraction of sp³-hybridized carbons (Fsp3) is 0.629. The molecule has 2 saturated carbocycles. The average Bonchev–Trinajstić information content (AvgIpc) is 4.28. The number of anilines is 1. The van der Waals surface area contributed by atoms with Crippen LogP contribution in [0.25, 0.3) is 33.3 Å². The number of pyridine rings is 1. The summed E-state index contributed by atoms with van der Waals surface area (Å²) in [5.74, 6) is -0.656. The number of morpholine rings is 1. The van der Waals surface area contributed by atoms with Gasteiger partial charge in [-0.05, 0) is 111 Å². The van der Waals surface area contributed by atoms with E-state index in [1.165, 1.54) is 35.3 Å². The van der Waals surface area contributed by atoms with Gasteiger partial charge < -0.3 is 33.9 Å². The molecule has 12 rings (SSSR count). The van der Waals surface area contributed by atoms with E-state index in [0.717, 1.165) is 48.6 Å². The van der Waals surface area contributed by atoms with E-state index in [2.05, 4.69) is 30.3 Å². The third kappa shape index (κ3) is 11.5. The first-order chi connectivity index (χ1) is 39.2. The Kier molecular flexibility index (Phi) is 15.3. The highest BCUT2D eigenvalue weighted by atomic mass is 19.4. The minimum Gasteiger partial charge on any atom is -0.464 e. The van der Waals surface area contributed by atoms with E-state index in [9.17, 15) is 14.4 Å². The number of esters is 1. The number of likely N-dealkylation sites (N-methyl/N-ethyl adjacent to an activating group) is 1. The summed E-state index contributed by atoms with van der Waals surface area (Å²) >= 11 is 0. The van der Waals surface area contributed by atoms with E-state index in [1.807, 2.05) is 95.2 Å². The van der Waals surface area contributed by atoms with Crippen molar-refractivity contribution >= 4 is 40.3 Å². The summed E-state index contributed by atoms with van der Waals surface area (Å²) in [5.41, 5.74) is 7.39. The first-order valence-electron chi connectivity index (χ1n) is 29.9. The lowest BCUT2D eigenvalue weighted by molar-refractivity contribution is -0.197. The minimum absolute atomic E-state index is 0.0683. The van der Waals surface area contributed by atoms with Crippen LogP contribution in [0, 0.1) is 17.3 Å². The number of benzene rings is 2. The molecule has 2 aliphatic carbocycles. The van der Waals surface area contributed by atoms with Gasteiger partial charge in [0.15, 0.2) is 0 Å². The molecule has 8 aliphatic rings. The van der Waals surface area contributed by atoms with Gasteiger partial charge in [0.25, 0.3) is 5.91 Å². The summed E-state index contributed by atoms with van der Waals surface area (Å²) in [4.78, 5) is 73.9. The number of carbonyl (C=O) groups excluding carboxylic acids is 4. The molecule has 2 aromatic heterocycles. The first kappa shape index (κ1) is 56.8. The molecule has 2 aromatic carbocycles. The summed E-state index contributed by atoms with van der Waals surface area (Å²) < 4.78 is 65.5. The van der Waals surface area contributed by atoms with Gasteiger partial charge in [0.2, 0.25) is 11.8 Å². The van der Waals surface area contributed by atoms with Crippen LogP contribution in [0.2, 0.25) is 0 Å². The van der Waals surface area contributed by atoms with Crippen LogP contribution in [0.3, 0.4) is 0 Å². The quantitative estimate of drug-likeness (QED) is 0.116. The second kappa shape index (κ2) is 22.1. The van der Waals surface area contributed by atoms with Crippen molar-refractivity contribution in [2.45, 2.75) is 147 Å². The monoisotopic (exact) mass is 1130 g/mol. The zero-order valence-corrected chi connectivity index (χ0v) is 48.6. The number of methoxy groups -OCH3 is 1. The maximum absolute atomic E-state index is 15.2. The van der Waals surface area contributed by atoms with Crippen LogP contribution in [0.1, 0.15) is 96.1 Å². The van der Waals surface area contributed by atoms with Crippen LogP contribution < -0.4 is 15.6 Å². The standard InChI is InChI=1S/C62H81F3N10O7/c1-37(2)52(72-24-25-82-61(32-72)33-73(34-61)58(78)55-53(69(55)6)40-13-14-40)56(76)67-49-27-39-10-8-11-41(26-39)42-15-18-50-45(28-42)47(30-60(4,5)36-81-59(79)48-12-9-19-75(68-48)57(49)77)54(74(50)35-62(63,64)65)46-29-44(31-66-51(46)38(3)80-7)71-22-20-70(21-23-71)43-16-17-43/h8,10-11,15,18,26,28-29,31,37-38,40,43,48-49,52-53,55,68H,9,12-14,16-17,19-25,27,30,32-36H2,1-7H3,(H,67,76)/t38-,48-,49-,52-,53+,55+,69?/m0/s1. The van der Waals surface area contributed by atoms with Crippen molar-refractivity contribution in [3.05, 3.63) is 71.5 Å². The lowest BCUT2D eigenvalue weighted by Crippen LogP contribution is -2.73. The SMILES string of the molecule is CO[C@@H](C)c1ncc(N2CCN(C3CC3)CC2)cc1-c1c2c3cc(ccc3n1CC(F)(F)F)-c1cccc(c1)C[C@H](NC(=O)[C@H](C(C)C)N1CCOC3(CN(C(=O)[C@H]4[C@@H](C5CC5)N4C)C3)C1)C(=O)N1CCC[C@H](N1)C(=O)OCC(C)(C)C2. The number of rotatable bonds is 12. The predicted molar refractivity (Wildman–Crippen MR) is 304 cm³/mol. The molecule has 5 saturated heterocycles. The van der Waals surface area contributed by atoms with Crippen molar-refractivity contribution in [2.75, 3.05) is 91.2 Å². The second-order valence-electron chi connectivity index (χ2n) is 26.1. The number of hydrogen-bond donors (Lipinski definition) is 2. The Morgan fingerprint density at radius 3 is 2.39 bits per heavy atom. The number of piperazine rings is 1. The Morgan fingerprint density at radius 2 is 1.68 bits per heavy atom. The fourth-order valence-corrected chi connectivity index (χ4v) is 14.1. The van der Waals surface area contributed by atoms with E-state index in [4.69, 9.17) is 19.2 Å².